The summed E-state index contributed by atoms with van der Waals surface area (Å²) in [4.78, 5) is 0. The molecule has 1 saturated heterocycles. The van der Waals surface area contributed by atoms with Crippen LogP contribution < -0.4 is 5.73 Å². The van der Waals surface area contributed by atoms with Crippen LogP contribution in [0.5, 0.6) is 0 Å². The molecule has 82 valence electrons. The third-order valence-corrected chi connectivity index (χ3v) is 5.51. The van der Waals surface area contributed by atoms with Crippen molar-refractivity contribution in [1.29, 1.82) is 0 Å². The van der Waals surface area contributed by atoms with Gasteiger partial charge in [0.1, 0.15) is 0 Å². The molecule has 1 nitrogen and oxygen atoms in total. The minimum atomic E-state index is 0.836. The summed E-state index contributed by atoms with van der Waals surface area (Å²) in [6, 6.07) is 0. The molecule has 0 spiro atoms. The van der Waals surface area contributed by atoms with Crippen LogP contribution in [-0.4, -0.2) is 17.5 Å². The van der Waals surface area contributed by atoms with Crippen LogP contribution in [0.3, 0.4) is 0 Å². The molecule has 0 amide bonds. The zero-order valence-corrected chi connectivity index (χ0v) is 9.90. The highest BCUT2D eigenvalue weighted by atomic mass is 32.2. The molecule has 2 heteroatoms. The highest BCUT2D eigenvalue weighted by Gasteiger charge is 2.31. The van der Waals surface area contributed by atoms with Crippen LogP contribution in [0.1, 0.15) is 44.9 Å². The molecule has 14 heavy (non-hydrogen) atoms. The second kappa shape index (κ2) is 5.41. The van der Waals surface area contributed by atoms with E-state index < -0.39 is 0 Å². The van der Waals surface area contributed by atoms with E-state index in [9.17, 15) is 0 Å². The van der Waals surface area contributed by atoms with Gasteiger partial charge in [0.25, 0.3) is 0 Å². The summed E-state index contributed by atoms with van der Waals surface area (Å²) in [6.07, 6.45) is 10.2. The molecular formula is C12H23NS. The van der Waals surface area contributed by atoms with Crippen molar-refractivity contribution >= 4 is 11.8 Å². The first kappa shape index (κ1) is 10.8. The molecule has 1 aliphatic heterocycles. The minimum Gasteiger partial charge on any atom is -0.330 e. The predicted octanol–water partition coefficient (Wildman–Crippen LogP) is 3.04. The van der Waals surface area contributed by atoms with Gasteiger partial charge in [0.05, 0.1) is 0 Å². The smallest absolute Gasteiger partial charge is 0.00902 e. The van der Waals surface area contributed by atoms with E-state index in [1.54, 1.807) is 0 Å². The van der Waals surface area contributed by atoms with Crippen molar-refractivity contribution in [1.82, 2.24) is 0 Å². The van der Waals surface area contributed by atoms with Crippen LogP contribution in [0.25, 0.3) is 0 Å². The Balaban J connectivity index is 1.89. The Morgan fingerprint density at radius 3 is 2.43 bits per heavy atom. The van der Waals surface area contributed by atoms with E-state index in [-0.39, 0.29) is 0 Å². The summed E-state index contributed by atoms with van der Waals surface area (Å²) < 4.78 is 0. The van der Waals surface area contributed by atoms with Gasteiger partial charge in [0.2, 0.25) is 0 Å². The lowest BCUT2D eigenvalue weighted by atomic mass is 9.78. The van der Waals surface area contributed by atoms with Crippen molar-refractivity contribution < 1.29 is 0 Å². The quantitative estimate of drug-likeness (QED) is 0.780. The van der Waals surface area contributed by atoms with Crippen LogP contribution in [0.15, 0.2) is 0 Å². The van der Waals surface area contributed by atoms with Crippen molar-refractivity contribution in [2.75, 3.05) is 12.3 Å². The molecule has 2 rings (SSSR count). The molecule has 2 aliphatic rings. The van der Waals surface area contributed by atoms with Crippen molar-refractivity contribution in [3.05, 3.63) is 0 Å². The number of hydrogen-bond acceptors (Lipinski definition) is 2. The lowest BCUT2D eigenvalue weighted by Crippen LogP contribution is -2.32. The van der Waals surface area contributed by atoms with Crippen LogP contribution >= 0.6 is 11.8 Å². The third-order valence-electron chi connectivity index (χ3n) is 3.97. The lowest BCUT2D eigenvalue weighted by molar-refractivity contribution is 0.246. The van der Waals surface area contributed by atoms with Gasteiger partial charge >= 0.3 is 0 Å². The molecule has 0 bridgehead atoms. The van der Waals surface area contributed by atoms with Gasteiger partial charge in [0.15, 0.2) is 0 Å². The zero-order valence-electron chi connectivity index (χ0n) is 9.08. The summed E-state index contributed by atoms with van der Waals surface area (Å²) >= 11 is 2.19. The van der Waals surface area contributed by atoms with Crippen LogP contribution in [0.2, 0.25) is 0 Å². The topological polar surface area (TPSA) is 26.0 Å². The Labute approximate surface area is 92.2 Å². The van der Waals surface area contributed by atoms with E-state index in [0.29, 0.717) is 0 Å². The maximum atomic E-state index is 5.97. The molecule has 2 unspecified atom stereocenters. The van der Waals surface area contributed by atoms with Crippen molar-refractivity contribution in [2.24, 2.45) is 17.6 Å². The van der Waals surface area contributed by atoms with E-state index in [1.165, 1.54) is 50.7 Å². The van der Waals surface area contributed by atoms with Crippen molar-refractivity contribution in [2.45, 2.75) is 50.2 Å². The molecule has 0 aromatic rings. The normalized spacial score (nSPS) is 31.9. The molecule has 2 atom stereocenters. The molecule has 0 radical (unpaired) electrons. The maximum absolute atomic E-state index is 5.97. The van der Waals surface area contributed by atoms with Crippen LogP contribution in [-0.2, 0) is 0 Å². The second-order valence-corrected chi connectivity index (χ2v) is 6.20. The standard InChI is InChI=1S/C12H23NS/c13-9-11(12-7-4-8-14-12)10-5-2-1-3-6-10/h10-12H,1-9,13H2. The number of thioether (sulfide) groups is 1. The lowest BCUT2D eigenvalue weighted by Gasteiger charge is -2.33. The van der Waals surface area contributed by atoms with E-state index in [1.807, 2.05) is 0 Å². The van der Waals surface area contributed by atoms with Crippen LogP contribution in [0.4, 0.5) is 0 Å². The minimum absolute atomic E-state index is 0.836. The Bertz CT molecular complexity index is 160. The predicted molar refractivity (Wildman–Crippen MR) is 64.6 cm³/mol. The second-order valence-electron chi connectivity index (χ2n) is 4.85. The maximum Gasteiger partial charge on any atom is 0.00902 e. The zero-order chi connectivity index (χ0) is 9.80. The molecule has 1 heterocycles. The van der Waals surface area contributed by atoms with Gasteiger partial charge in [-0.3, -0.25) is 0 Å². The molecule has 0 aromatic heterocycles. The highest BCUT2D eigenvalue weighted by Crippen LogP contribution is 2.40. The fourth-order valence-corrected chi connectivity index (χ4v) is 4.70. The molecular weight excluding hydrogens is 190 g/mol. The number of nitrogens with two attached hydrogens (primary N) is 1. The molecule has 2 N–H and O–H groups in total. The summed E-state index contributed by atoms with van der Waals surface area (Å²) in [5.74, 6) is 3.18. The van der Waals surface area contributed by atoms with E-state index in [0.717, 1.165) is 23.6 Å². The third kappa shape index (κ3) is 2.46. The highest BCUT2D eigenvalue weighted by molar-refractivity contribution is 8.00. The summed E-state index contributed by atoms with van der Waals surface area (Å²) in [5.41, 5.74) is 5.97. The average Bonchev–Trinajstić information content (AvgIpc) is 2.74. The van der Waals surface area contributed by atoms with Gasteiger partial charge < -0.3 is 5.73 Å². The Morgan fingerprint density at radius 2 is 1.86 bits per heavy atom. The summed E-state index contributed by atoms with van der Waals surface area (Å²) in [7, 11) is 0. The van der Waals surface area contributed by atoms with E-state index in [2.05, 4.69) is 11.8 Å². The van der Waals surface area contributed by atoms with Gasteiger partial charge in [-0.25, -0.2) is 0 Å². The monoisotopic (exact) mass is 213 g/mol. The molecule has 0 aromatic carbocycles. The first-order valence-corrected chi connectivity index (χ1v) is 7.28. The van der Waals surface area contributed by atoms with Gasteiger partial charge in [-0.15, -0.1) is 0 Å². The SMILES string of the molecule is NCC(C1CCCCC1)C1CCCS1. The Hall–Kier alpha value is 0.310. The fourth-order valence-electron chi connectivity index (χ4n) is 3.15. The first-order valence-electron chi connectivity index (χ1n) is 6.23. The van der Waals surface area contributed by atoms with Crippen molar-refractivity contribution in [3.8, 4) is 0 Å². The van der Waals surface area contributed by atoms with E-state index >= 15 is 0 Å². The van der Waals surface area contributed by atoms with Crippen LogP contribution in [0, 0.1) is 11.8 Å². The van der Waals surface area contributed by atoms with Gasteiger partial charge in [0, 0.05) is 5.25 Å². The molecule has 2 fully saturated rings. The first-order chi connectivity index (χ1) is 6.92. The summed E-state index contributed by atoms with van der Waals surface area (Å²) in [6.45, 7) is 0.933. The average molecular weight is 213 g/mol. The molecule has 1 saturated carbocycles. The van der Waals surface area contributed by atoms with Crippen molar-refractivity contribution in [3.63, 3.8) is 0 Å². The number of hydrogen-bond donors (Lipinski definition) is 1. The Morgan fingerprint density at radius 1 is 1.07 bits per heavy atom. The Kier molecular flexibility index (Phi) is 4.18. The largest absolute Gasteiger partial charge is 0.330 e. The van der Waals surface area contributed by atoms with Gasteiger partial charge in [-0.05, 0) is 37.0 Å². The summed E-state index contributed by atoms with van der Waals surface area (Å²) in [5, 5.41) is 0.906. The van der Waals surface area contributed by atoms with Gasteiger partial charge in [-0.1, -0.05) is 32.1 Å². The molecule has 1 aliphatic carbocycles. The van der Waals surface area contributed by atoms with E-state index in [4.69, 9.17) is 5.73 Å². The number of rotatable bonds is 3. The fraction of sp³-hybridized carbons (Fsp3) is 1.00. The van der Waals surface area contributed by atoms with Gasteiger partial charge in [-0.2, -0.15) is 11.8 Å².